The largest absolute Gasteiger partial charge is 0.311 e. The number of unbranched alkanes of at least 4 members (excludes halogenated alkanes) is 3. The molecule has 0 saturated carbocycles. The Hall–Kier alpha value is -8.14. The van der Waals surface area contributed by atoms with Crippen LogP contribution in [0.15, 0.2) is 224 Å². The highest BCUT2D eigenvalue weighted by molar-refractivity contribution is 7.00. The summed E-state index contributed by atoms with van der Waals surface area (Å²) in [4.78, 5) is 5.50. The molecule has 10 aromatic rings. The molecule has 2 heterocycles. The number of anilines is 6. The molecule has 390 valence electrons. The van der Waals surface area contributed by atoms with E-state index in [9.17, 15) is 0 Å². The van der Waals surface area contributed by atoms with E-state index in [1.807, 2.05) is 0 Å². The first-order valence-electron chi connectivity index (χ1n) is 29.4. The Morgan fingerprint density at radius 2 is 0.722 bits per heavy atom. The lowest BCUT2D eigenvalue weighted by molar-refractivity contribution is 0.590. The lowest BCUT2D eigenvalue weighted by Gasteiger charge is -2.46. The van der Waals surface area contributed by atoms with Crippen LogP contribution < -0.4 is 26.2 Å². The maximum absolute atomic E-state index is 2.78. The molecule has 0 bridgehead atoms. The molecule has 0 atom stereocenters. The van der Waals surface area contributed by atoms with Crippen molar-refractivity contribution in [2.45, 2.75) is 105 Å². The molecule has 10 aromatic carbocycles. The van der Waals surface area contributed by atoms with Gasteiger partial charge in [-0.1, -0.05) is 249 Å². The van der Waals surface area contributed by atoms with E-state index in [1.54, 1.807) is 0 Å². The number of aryl methyl sites for hydroxylation is 3. The summed E-state index contributed by atoms with van der Waals surface area (Å²) < 4.78 is 0. The van der Waals surface area contributed by atoms with Crippen LogP contribution >= 0.6 is 0 Å². The first-order valence-corrected chi connectivity index (χ1v) is 29.4. The first kappa shape index (κ1) is 51.6. The van der Waals surface area contributed by atoms with Crippen molar-refractivity contribution in [3.05, 3.63) is 247 Å². The van der Waals surface area contributed by atoms with E-state index in [2.05, 4.69) is 276 Å². The molecule has 0 aliphatic carbocycles. The zero-order valence-electron chi connectivity index (χ0n) is 47.2. The molecule has 2 aliphatic rings. The molecule has 79 heavy (non-hydrogen) atoms. The number of rotatable bonds is 16. The molecule has 0 saturated heterocycles. The van der Waals surface area contributed by atoms with Crippen molar-refractivity contribution in [2.24, 2.45) is 0 Å². The Balaban J connectivity index is 1.26. The van der Waals surface area contributed by atoms with Crippen molar-refractivity contribution in [2.75, 3.05) is 9.80 Å². The minimum absolute atomic E-state index is 0.0882. The van der Waals surface area contributed by atoms with Gasteiger partial charge >= 0.3 is 0 Å². The number of fused-ring (bicyclic) bond motifs is 4. The molecule has 2 aliphatic heterocycles. The predicted octanol–water partition coefficient (Wildman–Crippen LogP) is 19.4. The standard InChI is InChI=1S/C76H73BN2/c1-7-10-28-53-45-61(29-11-8-2)74(62(46-53)30-12-9-3)78-69-43-41-59(54-31-18-13-19-32-54)49-67(69)77-68-50-60(55-33-20-14-21-34-55)42-44-70(68)79(72-52-64(76(4,5)6)51-71(78)73(72)77)75-65(57-37-24-16-25-38-57)47-63(56-35-22-15-23-36-56)48-66(75)58-39-26-17-27-40-58/h13-27,31-52H,7-12,28-30H2,1-6H3. The van der Waals surface area contributed by atoms with Crippen LogP contribution in [0.1, 0.15) is 102 Å². The Bertz CT molecular complexity index is 3680. The van der Waals surface area contributed by atoms with Crippen molar-refractivity contribution in [1.29, 1.82) is 0 Å². The summed E-state index contributed by atoms with van der Waals surface area (Å²) in [6.45, 7) is 14.2. The van der Waals surface area contributed by atoms with Crippen LogP contribution in [0.2, 0.25) is 0 Å². The summed E-state index contributed by atoms with van der Waals surface area (Å²) >= 11 is 0. The lowest BCUT2D eigenvalue weighted by atomic mass is 9.33. The second-order valence-electron chi connectivity index (χ2n) is 23.2. The molecule has 0 unspecified atom stereocenters. The second kappa shape index (κ2) is 22.3. The predicted molar refractivity (Wildman–Crippen MR) is 342 cm³/mol. The molecule has 0 aromatic heterocycles. The van der Waals surface area contributed by atoms with Crippen LogP contribution in [-0.2, 0) is 24.7 Å². The molecular weight excluding hydrogens is 952 g/mol. The van der Waals surface area contributed by atoms with Gasteiger partial charge in [-0.3, -0.25) is 0 Å². The van der Waals surface area contributed by atoms with E-state index in [0.717, 1.165) is 44.9 Å². The van der Waals surface area contributed by atoms with E-state index < -0.39 is 0 Å². The minimum atomic E-state index is -0.185. The van der Waals surface area contributed by atoms with Crippen molar-refractivity contribution < 1.29 is 0 Å². The van der Waals surface area contributed by atoms with Gasteiger partial charge in [0.15, 0.2) is 0 Å². The Labute approximate surface area is 471 Å². The molecular formula is C76H73BN2. The summed E-state index contributed by atoms with van der Waals surface area (Å²) in [6.07, 6.45) is 10.1. The van der Waals surface area contributed by atoms with Crippen LogP contribution in [0.25, 0.3) is 55.6 Å². The van der Waals surface area contributed by atoms with Gasteiger partial charge in [0.05, 0.1) is 11.4 Å². The average Bonchev–Trinajstić information content (AvgIpc) is 3.63. The van der Waals surface area contributed by atoms with Crippen molar-refractivity contribution >= 4 is 57.2 Å². The zero-order chi connectivity index (χ0) is 54.0. The van der Waals surface area contributed by atoms with Gasteiger partial charge in [0.1, 0.15) is 0 Å². The second-order valence-corrected chi connectivity index (χ2v) is 23.2. The summed E-state index contributed by atoms with van der Waals surface area (Å²) in [5.74, 6) is 0. The maximum atomic E-state index is 2.78. The van der Waals surface area contributed by atoms with Gasteiger partial charge in [-0.25, -0.2) is 0 Å². The molecule has 0 amide bonds. The van der Waals surface area contributed by atoms with Gasteiger partial charge in [-0.2, -0.15) is 0 Å². The number of hydrogen-bond donors (Lipinski definition) is 0. The van der Waals surface area contributed by atoms with E-state index in [4.69, 9.17) is 0 Å². The van der Waals surface area contributed by atoms with Crippen molar-refractivity contribution in [3.63, 3.8) is 0 Å². The topological polar surface area (TPSA) is 6.48 Å². The third-order valence-electron chi connectivity index (χ3n) is 16.7. The van der Waals surface area contributed by atoms with Gasteiger partial charge in [-0.15, -0.1) is 0 Å². The molecule has 0 spiro atoms. The maximum Gasteiger partial charge on any atom is 0.252 e. The normalized spacial score (nSPS) is 12.6. The van der Waals surface area contributed by atoms with Gasteiger partial charge in [0, 0.05) is 33.9 Å². The molecule has 0 fully saturated rings. The third-order valence-corrected chi connectivity index (χ3v) is 16.7. The van der Waals surface area contributed by atoms with Crippen LogP contribution in [-0.4, -0.2) is 6.71 Å². The van der Waals surface area contributed by atoms with E-state index in [1.165, 1.54) is 141 Å². The van der Waals surface area contributed by atoms with Gasteiger partial charge in [-0.05, 0) is 163 Å². The van der Waals surface area contributed by atoms with Crippen molar-refractivity contribution in [1.82, 2.24) is 0 Å². The molecule has 3 heteroatoms. The fourth-order valence-electron chi connectivity index (χ4n) is 12.6. The summed E-state index contributed by atoms with van der Waals surface area (Å²) in [6, 6.07) is 85.5. The van der Waals surface area contributed by atoms with Crippen LogP contribution in [0.4, 0.5) is 34.1 Å². The third kappa shape index (κ3) is 9.95. The van der Waals surface area contributed by atoms with E-state index in [0.29, 0.717) is 0 Å². The highest BCUT2D eigenvalue weighted by Crippen LogP contribution is 2.53. The summed E-state index contributed by atoms with van der Waals surface area (Å²) in [5.41, 5.74) is 29.2. The highest BCUT2D eigenvalue weighted by Gasteiger charge is 2.46. The summed E-state index contributed by atoms with van der Waals surface area (Å²) in [7, 11) is 0. The lowest BCUT2D eigenvalue weighted by Crippen LogP contribution is -2.61. The zero-order valence-corrected chi connectivity index (χ0v) is 47.2. The Kier molecular flexibility index (Phi) is 14.6. The number of hydrogen-bond acceptors (Lipinski definition) is 2. The molecule has 0 N–H and O–H groups in total. The SMILES string of the molecule is CCCCc1cc(CCCC)c(N2c3ccc(-c4ccccc4)cc3B3c4cc(-c5ccccc5)ccc4N(c4c(-c5ccccc5)cc(-c5ccccc5)cc4-c4ccccc4)c4cc(C(C)(C)C)cc2c43)c(CCCC)c1. The van der Waals surface area contributed by atoms with Gasteiger partial charge in [0.2, 0.25) is 0 Å². The fourth-order valence-corrected chi connectivity index (χ4v) is 12.6. The summed E-state index contributed by atoms with van der Waals surface area (Å²) in [5, 5.41) is 0. The number of nitrogens with zero attached hydrogens (tertiary/aromatic N) is 2. The van der Waals surface area contributed by atoms with Crippen LogP contribution in [0, 0.1) is 0 Å². The van der Waals surface area contributed by atoms with E-state index >= 15 is 0 Å². The monoisotopic (exact) mass is 1020 g/mol. The van der Waals surface area contributed by atoms with Gasteiger partial charge < -0.3 is 9.80 Å². The van der Waals surface area contributed by atoms with E-state index in [-0.39, 0.29) is 12.1 Å². The average molecular weight is 1030 g/mol. The Morgan fingerprint density at radius 3 is 1.13 bits per heavy atom. The Morgan fingerprint density at radius 1 is 0.342 bits per heavy atom. The minimum Gasteiger partial charge on any atom is -0.311 e. The van der Waals surface area contributed by atoms with Crippen LogP contribution in [0.3, 0.4) is 0 Å². The number of benzene rings is 10. The van der Waals surface area contributed by atoms with Gasteiger partial charge in [0.25, 0.3) is 6.71 Å². The fraction of sp³-hybridized carbons (Fsp3) is 0.211. The molecule has 0 radical (unpaired) electrons. The molecule has 2 nitrogen and oxygen atoms in total. The smallest absolute Gasteiger partial charge is 0.252 e. The quantitative estimate of drug-likeness (QED) is 0.0890. The highest BCUT2D eigenvalue weighted by atomic mass is 15.2. The van der Waals surface area contributed by atoms with Crippen LogP contribution in [0.5, 0.6) is 0 Å². The first-order chi connectivity index (χ1) is 38.7. The van der Waals surface area contributed by atoms with Crippen molar-refractivity contribution in [3.8, 4) is 55.6 Å². The molecule has 12 rings (SSSR count).